The van der Waals surface area contributed by atoms with Crippen molar-refractivity contribution in [2.45, 2.75) is 23.2 Å². The van der Waals surface area contributed by atoms with Crippen molar-refractivity contribution in [3.05, 3.63) is 0 Å². The summed E-state index contributed by atoms with van der Waals surface area (Å²) in [6.45, 7) is 0. The Morgan fingerprint density at radius 3 is 2.00 bits per heavy atom. The van der Waals surface area contributed by atoms with Crippen molar-refractivity contribution in [3.8, 4) is 0 Å². The monoisotopic (exact) mass is 194 g/mol. The molecule has 0 aromatic carbocycles. The molecule has 0 aliphatic heterocycles. The Morgan fingerprint density at radius 1 is 1.50 bits per heavy atom. The highest BCUT2D eigenvalue weighted by molar-refractivity contribution is 14.1. The summed E-state index contributed by atoms with van der Waals surface area (Å²) in [4.78, 5) is 0. The van der Waals surface area contributed by atoms with Crippen LogP contribution in [0.25, 0.3) is 0 Å². The first kappa shape index (κ1) is 3.70. The first-order valence-corrected chi connectivity index (χ1v) is 3.72. The van der Waals surface area contributed by atoms with Gasteiger partial charge in [-0.3, -0.25) is 0 Å². The van der Waals surface area contributed by atoms with Crippen LogP contribution in [0.15, 0.2) is 0 Å². The third-order valence-corrected chi connectivity index (χ3v) is 3.74. The first-order valence-electron chi connectivity index (χ1n) is 2.48. The highest BCUT2D eigenvalue weighted by atomic mass is 127. The molecule has 0 saturated heterocycles. The lowest BCUT2D eigenvalue weighted by molar-refractivity contribution is 0.911. The highest BCUT2D eigenvalue weighted by Crippen LogP contribution is 2.69. The molecule has 0 aromatic heterocycles. The fourth-order valence-corrected chi connectivity index (χ4v) is 2.48. The van der Waals surface area contributed by atoms with E-state index in [9.17, 15) is 0 Å². The zero-order valence-corrected chi connectivity index (χ0v) is 5.73. The van der Waals surface area contributed by atoms with Crippen molar-refractivity contribution < 1.29 is 0 Å². The van der Waals surface area contributed by atoms with Gasteiger partial charge >= 0.3 is 0 Å². The molecule has 1 unspecified atom stereocenters. The fourth-order valence-electron chi connectivity index (χ4n) is 0.976. The number of hydrogen-bond acceptors (Lipinski definition) is 0. The van der Waals surface area contributed by atoms with Crippen LogP contribution in [0.4, 0.5) is 0 Å². The molecular formula is C5H7I. The summed E-state index contributed by atoms with van der Waals surface area (Å²) in [5.74, 6) is 0. The van der Waals surface area contributed by atoms with Crippen LogP contribution in [0.2, 0.25) is 0 Å². The van der Waals surface area contributed by atoms with Gasteiger partial charge in [-0.2, -0.15) is 0 Å². The summed E-state index contributed by atoms with van der Waals surface area (Å²) in [6, 6.07) is 0. The summed E-state index contributed by atoms with van der Waals surface area (Å²) in [6.07, 6.45) is 4.62. The van der Waals surface area contributed by atoms with Crippen LogP contribution in [-0.2, 0) is 0 Å². The maximum atomic E-state index is 2.56. The molecule has 0 aromatic rings. The van der Waals surface area contributed by atoms with Crippen molar-refractivity contribution in [3.63, 3.8) is 0 Å². The molecule has 1 heteroatoms. The molecule has 0 radical (unpaired) electrons. The lowest BCUT2D eigenvalue weighted by Crippen LogP contribution is -1.66. The Balaban J connectivity index is 2.17. The van der Waals surface area contributed by atoms with Gasteiger partial charge in [-0.25, -0.2) is 0 Å². The molecule has 34 valence electrons. The van der Waals surface area contributed by atoms with Gasteiger partial charge in [0, 0.05) is 3.92 Å². The normalized spacial score (nSPS) is 46.5. The molecule has 2 rings (SSSR count). The molecular weight excluding hydrogens is 187 g/mol. The molecule has 0 amide bonds. The minimum absolute atomic E-state index is 0.945. The number of hydrogen-bond donors (Lipinski definition) is 0. The van der Waals surface area contributed by atoms with Crippen molar-refractivity contribution in [1.82, 2.24) is 0 Å². The van der Waals surface area contributed by atoms with Gasteiger partial charge in [-0.1, -0.05) is 22.6 Å². The zero-order chi connectivity index (χ0) is 4.20. The van der Waals surface area contributed by atoms with E-state index in [1.54, 1.807) is 12.8 Å². The van der Waals surface area contributed by atoms with Crippen molar-refractivity contribution in [2.75, 3.05) is 0 Å². The maximum absolute atomic E-state index is 2.56. The van der Waals surface area contributed by atoms with Crippen molar-refractivity contribution in [2.24, 2.45) is 5.41 Å². The van der Waals surface area contributed by atoms with E-state index in [1.807, 2.05) is 0 Å². The molecule has 2 aliphatic rings. The molecule has 2 aliphatic carbocycles. The molecule has 2 saturated carbocycles. The summed E-state index contributed by atoms with van der Waals surface area (Å²) in [5, 5.41) is 0. The van der Waals surface area contributed by atoms with E-state index in [2.05, 4.69) is 22.6 Å². The van der Waals surface area contributed by atoms with Gasteiger partial charge in [0.25, 0.3) is 0 Å². The predicted molar refractivity (Wildman–Crippen MR) is 34.1 cm³/mol. The van der Waals surface area contributed by atoms with Gasteiger partial charge in [0.2, 0.25) is 0 Å². The van der Waals surface area contributed by atoms with Gasteiger partial charge in [-0.15, -0.1) is 0 Å². The van der Waals surface area contributed by atoms with E-state index in [1.165, 1.54) is 6.42 Å². The summed E-state index contributed by atoms with van der Waals surface area (Å²) >= 11 is 2.56. The maximum Gasteiger partial charge on any atom is 0.0172 e. The average Bonchev–Trinajstić information content (AvgIpc) is 2.25. The van der Waals surface area contributed by atoms with Crippen LogP contribution >= 0.6 is 22.6 Å². The third-order valence-electron chi connectivity index (χ3n) is 1.98. The Hall–Kier alpha value is 0.730. The second kappa shape index (κ2) is 0.791. The van der Waals surface area contributed by atoms with Crippen LogP contribution in [0.1, 0.15) is 19.3 Å². The summed E-state index contributed by atoms with van der Waals surface area (Å²) in [5.41, 5.74) is 0.945. The average molecular weight is 194 g/mol. The van der Waals surface area contributed by atoms with Crippen LogP contribution in [-0.4, -0.2) is 3.92 Å². The molecule has 0 bridgehead atoms. The summed E-state index contributed by atoms with van der Waals surface area (Å²) in [7, 11) is 0. The summed E-state index contributed by atoms with van der Waals surface area (Å²) < 4.78 is 1.08. The lowest BCUT2D eigenvalue weighted by Gasteiger charge is -1.70. The van der Waals surface area contributed by atoms with E-state index in [4.69, 9.17) is 0 Å². The van der Waals surface area contributed by atoms with Crippen LogP contribution in [0.3, 0.4) is 0 Å². The number of alkyl halides is 1. The predicted octanol–water partition coefficient (Wildman–Crippen LogP) is 1.97. The SMILES string of the molecule is IC1CC12CC2. The van der Waals surface area contributed by atoms with Gasteiger partial charge in [0.15, 0.2) is 0 Å². The largest absolute Gasteiger partial charge is 0.0820 e. The van der Waals surface area contributed by atoms with Crippen molar-refractivity contribution in [1.29, 1.82) is 0 Å². The minimum Gasteiger partial charge on any atom is -0.0820 e. The van der Waals surface area contributed by atoms with E-state index < -0.39 is 0 Å². The van der Waals surface area contributed by atoms with E-state index in [-0.39, 0.29) is 0 Å². The van der Waals surface area contributed by atoms with Crippen LogP contribution < -0.4 is 0 Å². The second-order valence-electron chi connectivity index (χ2n) is 2.53. The molecule has 1 spiro atoms. The fraction of sp³-hybridized carbons (Fsp3) is 1.00. The Labute approximate surface area is 51.4 Å². The molecule has 6 heavy (non-hydrogen) atoms. The van der Waals surface area contributed by atoms with Crippen LogP contribution in [0, 0.1) is 5.41 Å². The third kappa shape index (κ3) is 0.303. The first-order chi connectivity index (χ1) is 2.83. The highest BCUT2D eigenvalue weighted by Gasteiger charge is 2.61. The molecule has 0 heterocycles. The molecule has 2 fully saturated rings. The molecule has 0 nitrogen and oxygen atoms in total. The topological polar surface area (TPSA) is 0 Å². The van der Waals surface area contributed by atoms with Crippen LogP contribution in [0.5, 0.6) is 0 Å². The quantitative estimate of drug-likeness (QED) is 0.408. The number of halogens is 1. The van der Waals surface area contributed by atoms with E-state index >= 15 is 0 Å². The zero-order valence-electron chi connectivity index (χ0n) is 3.58. The van der Waals surface area contributed by atoms with Crippen molar-refractivity contribution >= 4 is 22.6 Å². The smallest absolute Gasteiger partial charge is 0.0172 e. The van der Waals surface area contributed by atoms with E-state index in [0.717, 1.165) is 9.34 Å². The standard InChI is InChI=1S/C5H7I/c6-4-3-5(4)1-2-5/h4H,1-3H2. The number of rotatable bonds is 0. The van der Waals surface area contributed by atoms with Gasteiger partial charge in [-0.05, 0) is 24.7 Å². The van der Waals surface area contributed by atoms with Gasteiger partial charge in [0.1, 0.15) is 0 Å². The second-order valence-corrected chi connectivity index (χ2v) is 4.04. The molecule has 1 atom stereocenters. The van der Waals surface area contributed by atoms with E-state index in [0.29, 0.717) is 0 Å². The Morgan fingerprint density at radius 2 is 2.00 bits per heavy atom. The Bertz CT molecular complexity index is 83.9. The Kier molecular flexibility index (Phi) is 0.488. The molecule has 0 N–H and O–H groups in total. The van der Waals surface area contributed by atoms with Gasteiger partial charge in [0.05, 0.1) is 0 Å². The lowest BCUT2D eigenvalue weighted by atomic mass is 10.4. The van der Waals surface area contributed by atoms with Gasteiger partial charge < -0.3 is 0 Å². The minimum atomic E-state index is 0.945.